The molecule has 0 aliphatic rings. The Morgan fingerprint density at radius 2 is 2.00 bits per heavy atom. The molecular formula is C18H23NO3. The number of rotatable bonds is 8. The molecule has 2 aromatic rings. The van der Waals surface area contributed by atoms with Crippen LogP contribution in [-0.2, 0) is 11.2 Å². The van der Waals surface area contributed by atoms with Gasteiger partial charge in [-0.2, -0.15) is 0 Å². The number of hydrogen-bond donors (Lipinski definition) is 0. The second-order valence-electron chi connectivity index (χ2n) is 5.54. The van der Waals surface area contributed by atoms with Gasteiger partial charge in [0, 0.05) is 5.92 Å². The standard InChI is InChI=1S/C18H23NO3/c1-14(17-19-13-16(22-17)18(20)21-2)9-5-3-6-10-15-11-7-4-8-12-15/h4,7-8,11-14H,3,5-6,9-10H2,1-2H3. The minimum atomic E-state index is -0.478. The number of carbonyl (C=O) groups excluding carboxylic acids is 1. The van der Waals surface area contributed by atoms with Crippen molar-refractivity contribution in [3.63, 3.8) is 0 Å². The van der Waals surface area contributed by atoms with Crippen LogP contribution in [0, 0.1) is 0 Å². The Hall–Kier alpha value is -2.10. The molecule has 22 heavy (non-hydrogen) atoms. The van der Waals surface area contributed by atoms with Crippen molar-refractivity contribution in [2.24, 2.45) is 0 Å². The van der Waals surface area contributed by atoms with Crippen LogP contribution in [0.25, 0.3) is 0 Å². The number of nitrogens with zero attached hydrogens (tertiary/aromatic N) is 1. The summed E-state index contributed by atoms with van der Waals surface area (Å²) in [6.45, 7) is 2.07. The highest BCUT2D eigenvalue weighted by molar-refractivity contribution is 5.85. The second-order valence-corrected chi connectivity index (χ2v) is 5.54. The third-order valence-corrected chi connectivity index (χ3v) is 3.78. The Bertz CT molecular complexity index is 577. The van der Waals surface area contributed by atoms with E-state index in [0.717, 1.165) is 19.3 Å². The molecule has 0 radical (unpaired) electrons. The molecule has 0 fully saturated rings. The van der Waals surface area contributed by atoms with E-state index in [1.165, 1.54) is 31.7 Å². The van der Waals surface area contributed by atoms with Gasteiger partial charge >= 0.3 is 5.97 Å². The lowest BCUT2D eigenvalue weighted by molar-refractivity contribution is 0.0562. The minimum absolute atomic E-state index is 0.174. The molecule has 4 heteroatoms. The van der Waals surface area contributed by atoms with Crippen molar-refractivity contribution in [1.29, 1.82) is 0 Å². The molecule has 0 aliphatic carbocycles. The largest absolute Gasteiger partial charge is 0.463 e. The summed E-state index contributed by atoms with van der Waals surface area (Å²) in [5, 5.41) is 0. The van der Waals surface area contributed by atoms with Crippen molar-refractivity contribution in [3.8, 4) is 0 Å². The second kappa shape index (κ2) is 8.37. The lowest BCUT2D eigenvalue weighted by Crippen LogP contribution is -1.99. The zero-order valence-electron chi connectivity index (χ0n) is 13.2. The van der Waals surface area contributed by atoms with E-state index in [9.17, 15) is 4.79 Å². The molecular weight excluding hydrogens is 278 g/mol. The number of esters is 1. The van der Waals surface area contributed by atoms with Gasteiger partial charge in [0.2, 0.25) is 5.76 Å². The maximum absolute atomic E-state index is 11.3. The fraction of sp³-hybridized carbons (Fsp3) is 0.444. The van der Waals surface area contributed by atoms with E-state index in [0.29, 0.717) is 5.89 Å². The summed E-state index contributed by atoms with van der Waals surface area (Å²) < 4.78 is 10.1. The lowest BCUT2D eigenvalue weighted by Gasteiger charge is -2.07. The summed E-state index contributed by atoms with van der Waals surface area (Å²) in [5.41, 5.74) is 1.39. The minimum Gasteiger partial charge on any atom is -0.463 e. The van der Waals surface area contributed by atoms with Gasteiger partial charge in [-0.25, -0.2) is 9.78 Å². The highest BCUT2D eigenvalue weighted by Gasteiger charge is 2.16. The van der Waals surface area contributed by atoms with Crippen molar-refractivity contribution in [3.05, 3.63) is 53.7 Å². The monoisotopic (exact) mass is 301 g/mol. The number of carbonyl (C=O) groups is 1. The summed E-state index contributed by atoms with van der Waals surface area (Å²) in [6, 6.07) is 10.6. The average molecular weight is 301 g/mol. The molecule has 0 spiro atoms. The first-order valence-corrected chi connectivity index (χ1v) is 7.78. The van der Waals surface area contributed by atoms with Gasteiger partial charge in [0.05, 0.1) is 13.3 Å². The maximum Gasteiger partial charge on any atom is 0.375 e. The molecule has 1 heterocycles. The average Bonchev–Trinajstić information content (AvgIpc) is 3.04. The summed E-state index contributed by atoms with van der Waals surface area (Å²) >= 11 is 0. The maximum atomic E-state index is 11.3. The van der Waals surface area contributed by atoms with Crippen LogP contribution in [0.5, 0.6) is 0 Å². The number of methoxy groups -OCH3 is 1. The van der Waals surface area contributed by atoms with Crippen molar-refractivity contribution in [2.45, 2.75) is 44.9 Å². The molecule has 0 saturated carbocycles. The summed E-state index contributed by atoms with van der Waals surface area (Å²) in [6.07, 6.45) is 7.08. The van der Waals surface area contributed by atoms with Gasteiger partial charge in [0.15, 0.2) is 5.89 Å². The van der Waals surface area contributed by atoms with Crippen LogP contribution in [0.1, 0.15) is 60.5 Å². The number of unbranched alkanes of at least 4 members (excludes halogenated alkanes) is 2. The SMILES string of the molecule is COC(=O)c1cnc(C(C)CCCCCc2ccccc2)o1. The zero-order chi connectivity index (χ0) is 15.8. The van der Waals surface area contributed by atoms with E-state index >= 15 is 0 Å². The normalized spacial score (nSPS) is 12.1. The molecule has 1 atom stereocenters. The summed E-state index contributed by atoms with van der Waals surface area (Å²) in [5.74, 6) is 0.529. The van der Waals surface area contributed by atoms with Crippen LogP contribution in [0.3, 0.4) is 0 Å². The van der Waals surface area contributed by atoms with E-state index in [1.54, 1.807) is 0 Å². The molecule has 0 aliphatic heterocycles. The third kappa shape index (κ3) is 4.72. The van der Waals surface area contributed by atoms with Gasteiger partial charge in [0.1, 0.15) is 0 Å². The first-order chi connectivity index (χ1) is 10.7. The molecule has 0 amide bonds. The fourth-order valence-electron chi connectivity index (χ4n) is 2.43. The quantitative estimate of drug-likeness (QED) is 0.536. The lowest BCUT2D eigenvalue weighted by atomic mass is 10.0. The summed E-state index contributed by atoms with van der Waals surface area (Å²) in [4.78, 5) is 15.5. The molecule has 1 unspecified atom stereocenters. The first-order valence-electron chi connectivity index (χ1n) is 7.78. The molecule has 0 N–H and O–H groups in total. The number of oxazole rings is 1. The van der Waals surface area contributed by atoms with E-state index in [4.69, 9.17) is 4.42 Å². The number of aromatic nitrogens is 1. The molecule has 0 bridgehead atoms. The van der Waals surface area contributed by atoms with E-state index in [2.05, 4.69) is 40.9 Å². The Morgan fingerprint density at radius 3 is 2.73 bits per heavy atom. The van der Waals surface area contributed by atoms with Gasteiger partial charge in [-0.1, -0.05) is 50.1 Å². The van der Waals surface area contributed by atoms with Gasteiger partial charge in [0.25, 0.3) is 0 Å². The zero-order valence-corrected chi connectivity index (χ0v) is 13.2. The summed E-state index contributed by atoms with van der Waals surface area (Å²) in [7, 11) is 1.33. The van der Waals surface area contributed by atoms with Gasteiger partial charge in [-0.3, -0.25) is 0 Å². The predicted molar refractivity (Wildman–Crippen MR) is 84.9 cm³/mol. The van der Waals surface area contributed by atoms with Crippen LogP contribution in [0.4, 0.5) is 0 Å². The molecule has 2 rings (SSSR count). The highest BCUT2D eigenvalue weighted by atomic mass is 16.5. The smallest absolute Gasteiger partial charge is 0.375 e. The van der Waals surface area contributed by atoms with E-state index in [1.807, 2.05) is 6.07 Å². The Balaban J connectivity index is 1.68. The molecule has 1 aromatic carbocycles. The van der Waals surface area contributed by atoms with Crippen LogP contribution in [0.15, 0.2) is 40.9 Å². The Labute approximate surface area is 131 Å². The first kappa shape index (κ1) is 16.3. The molecule has 4 nitrogen and oxygen atoms in total. The highest BCUT2D eigenvalue weighted by Crippen LogP contribution is 2.22. The van der Waals surface area contributed by atoms with Crippen molar-refractivity contribution in [1.82, 2.24) is 4.98 Å². The van der Waals surface area contributed by atoms with Gasteiger partial charge < -0.3 is 9.15 Å². The van der Waals surface area contributed by atoms with Crippen molar-refractivity contribution in [2.75, 3.05) is 7.11 Å². The third-order valence-electron chi connectivity index (χ3n) is 3.78. The van der Waals surface area contributed by atoms with Crippen LogP contribution in [-0.4, -0.2) is 18.1 Å². The molecule has 118 valence electrons. The fourth-order valence-corrected chi connectivity index (χ4v) is 2.43. The Kier molecular flexibility index (Phi) is 6.19. The predicted octanol–water partition coefficient (Wildman–Crippen LogP) is 4.37. The van der Waals surface area contributed by atoms with E-state index < -0.39 is 5.97 Å². The van der Waals surface area contributed by atoms with Gasteiger partial charge in [-0.05, 0) is 24.8 Å². The van der Waals surface area contributed by atoms with Crippen LogP contribution in [0.2, 0.25) is 0 Å². The van der Waals surface area contributed by atoms with Crippen LogP contribution < -0.4 is 0 Å². The topological polar surface area (TPSA) is 52.3 Å². The Morgan fingerprint density at radius 1 is 1.23 bits per heavy atom. The molecule has 1 aromatic heterocycles. The number of aryl methyl sites for hydroxylation is 1. The number of hydrogen-bond acceptors (Lipinski definition) is 4. The van der Waals surface area contributed by atoms with E-state index in [-0.39, 0.29) is 11.7 Å². The molecule has 0 saturated heterocycles. The van der Waals surface area contributed by atoms with Crippen molar-refractivity contribution >= 4 is 5.97 Å². The number of benzene rings is 1. The van der Waals surface area contributed by atoms with Crippen molar-refractivity contribution < 1.29 is 13.9 Å². The van der Waals surface area contributed by atoms with Gasteiger partial charge in [-0.15, -0.1) is 0 Å². The number of ether oxygens (including phenoxy) is 1. The van der Waals surface area contributed by atoms with Crippen LogP contribution >= 0.6 is 0 Å².